The third-order valence-electron chi connectivity index (χ3n) is 6.52. The number of rotatable bonds is 10. The SMILES string of the molecule is C=C(Cn1ncc2c1CCCC2)N[C@@H](Cc1cc(F)cc(F)c1)C(=C)N(C)c1ccc(OC)cc1. The van der Waals surface area contributed by atoms with Crippen LogP contribution in [0, 0.1) is 11.6 Å². The summed E-state index contributed by atoms with van der Waals surface area (Å²) in [6, 6.07) is 10.9. The zero-order chi connectivity index (χ0) is 24.9. The number of nitrogens with one attached hydrogen (secondary N) is 1. The minimum atomic E-state index is -0.602. The molecule has 0 aliphatic heterocycles. The Labute approximate surface area is 205 Å². The van der Waals surface area contributed by atoms with Gasteiger partial charge in [-0.2, -0.15) is 5.10 Å². The van der Waals surface area contributed by atoms with Gasteiger partial charge in [0.1, 0.15) is 17.4 Å². The maximum atomic E-state index is 13.9. The van der Waals surface area contributed by atoms with Gasteiger partial charge in [0, 0.05) is 35.9 Å². The van der Waals surface area contributed by atoms with Crippen LogP contribution in [0.2, 0.25) is 0 Å². The standard InChI is InChI=1S/C28H32F2N4O/c1-19(18-34-28-8-6-5-7-22(28)17-31-34)32-27(15-21-13-23(29)16-24(30)14-21)20(2)33(3)25-9-11-26(35-4)12-10-25/h9-14,16-17,27,32H,1-2,5-8,15,18H2,3-4H3/t27-/m0/s1. The van der Waals surface area contributed by atoms with Crippen LogP contribution in [0.1, 0.15) is 29.7 Å². The fourth-order valence-corrected chi connectivity index (χ4v) is 4.59. The number of methoxy groups -OCH3 is 1. The minimum Gasteiger partial charge on any atom is -0.497 e. The number of aryl methyl sites for hydroxylation is 1. The van der Waals surface area contributed by atoms with Crippen LogP contribution in [0.25, 0.3) is 0 Å². The molecule has 1 aromatic heterocycles. The number of anilines is 1. The van der Waals surface area contributed by atoms with Gasteiger partial charge in [0.25, 0.3) is 0 Å². The molecule has 5 nitrogen and oxygen atoms in total. The molecule has 0 saturated carbocycles. The average Bonchev–Trinajstić information content (AvgIpc) is 3.25. The number of hydrogen-bond acceptors (Lipinski definition) is 4. The zero-order valence-electron chi connectivity index (χ0n) is 20.4. The van der Waals surface area contributed by atoms with Crippen LogP contribution < -0.4 is 15.0 Å². The van der Waals surface area contributed by atoms with E-state index in [1.165, 1.54) is 29.8 Å². The molecule has 3 aromatic rings. The van der Waals surface area contributed by atoms with Gasteiger partial charge in [-0.3, -0.25) is 4.68 Å². The van der Waals surface area contributed by atoms with Crippen molar-refractivity contribution in [2.45, 2.75) is 44.7 Å². The second kappa shape index (κ2) is 10.8. The quantitative estimate of drug-likeness (QED) is 0.423. The lowest BCUT2D eigenvalue weighted by Crippen LogP contribution is -2.39. The molecule has 4 rings (SSSR count). The highest BCUT2D eigenvalue weighted by Crippen LogP contribution is 2.25. The molecule has 184 valence electrons. The molecule has 35 heavy (non-hydrogen) atoms. The highest BCUT2D eigenvalue weighted by Gasteiger charge is 2.21. The maximum absolute atomic E-state index is 13.9. The molecule has 7 heteroatoms. The summed E-state index contributed by atoms with van der Waals surface area (Å²) < 4.78 is 35.1. The van der Waals surface area contributed by atoms with Crippen molar-refractivity contribution in [3.05, 3.63) is 102 Å². The van der Waals surface area contributed by atoms with Crippen LogP contribution in [0.15, 0.2) is 73.2 Å². The van der Waals surface area contributed by atoms with Crippen molar-refractivity contribution >= 4 is 5.69 Å². The molecule has 0 fully saturated rings. The second-order valence-electron chi connectivity index (χ2n) is 9.01. The van der Waals surface area contributed by atoms with Gasteiger partial charge in [-0.15, -0.1) is 0 Å². The van der Waals surface area contributed by atoms with Crippen LogP contribution in [-0.4, -0.2) is 30.0 Å². The van der Waals surface area contributed by atoms with E-state index in [9.17, 15) is 8.78 Å². The second-order valence-corrected chi connectivity index (χ2v) is 9.01. The summed E-state index contributed by atoms with van der Waals surface area (Å²) >= 11 is 0. The Bertz CT molecular complexity index is 1180. The fourth-order valence-electron chi connectivity index (χ4n) is 4.59. The molecule has 1 heterocycles. The molecule has 0 amide bonds. The van der Waals surface area contributed by atoms with E-state index in [0.29, 0.717) is 18.5 Å². The third-order valence-corrected chi connectivity index (χ3v) is 6.52. The van der Waals surface area contributed by atoms with Gasteiger partial charge >= 0.3 is 0 Å². The van der Waals surface area contributed by atoms with Crippen LogP contribution in [0.5, 0.6) is 5.75 Å². The van der Waals surface area contributed by atoms with E-state index in [1.807, 2.05) is 47.1 Å². The first-order chi connectivity index (χ1) is 16.8. The normalized spacial score (nSPS) is 13.6. The summed E-state index contributed by atoms with van der Waals surface area (Å²) in [4.78, 5) is 1.95. The topological polar surface area (TPSA) is 42.3 Å². The van der Waals surface area contributed by atoms with Gasteiger partial charge < -0.3 is 15.0 Å². The van der Waals surface area contributed by atoms with Crippen LogP contribution in [-0.2, 0) is 25.8 Å². The summed E-state index contributed by atoms with van der Waals surface area (Å²) in [7, 11) is 3.54. The summed E-state index contributed by atoms with van der Waals surface area (Å²) in [6.07, 6.45) is 6.72. The molecule has 2 aromatic carbocycles. The number of nitrogens with zero attached hydrogens (tertiary/aromatic N) is 3. The number of likely N-dealkylation sites (N-methyl/N-ethyl adjacent to an activating group) is 1. The predicted molar refractivity (Wildman–Crippen MR) is 136 cm³/mol. The van der Waals surface area contributed by atoms with E-state index in [4.69, 9.17) is 4.74 Å². The van der Waals surface area contributed by atoms with Crippen LogP contribution in [0.3, 0.4) is 0 Å². The van der Waals surface area contributed by atoms with E-state index in [1.54, 1.807) is 7.11 Å². The Morgan fingerprint density at radius 1 is 1.11 bits per heavy atom. The van der Waals surface area contributed by atoms with Crippen molar-refractivity contribution in [1.82, 2.24) is 15.1 Å². The smallest absolute Gasteiger partial charge is 0.126 e. The lowest BCUT2D eigenvalue weighted by molar-refractivity contribution is 0.415. The average molecular weight is 479 g/mol. The Morgan fingerprint density at radius 2 is 1.80 bits per heavy atom. The fraction of sp³-hybridized carbons (Fsp3) is 0.321. The lowest BCUT2D eigenvalue weighted by Gasteiger charge is -2.31. The number of fused-ring (bicyclic) bond motifs is 1. The first kappa shape index (κ1) is 24.5. The van der Waals surface area contributed by atoms with E-state index in [2.05, 4.69) is 23.6 Å². The molecule has 0 unspecified atom stereocenters. The Hall–Kier alpha value is -3.61. The van der Waals surface area contributed by atoms with Crippen molar-refractivity contribution in [1.29, 1.82) is 0 Å². The Morgan fingerprint density at radius 3 is 2.49 bits per heavy atom. The molecule has 0 bridgehead atoms. The molecular weight excluding hydrogens is 446 g/mol. The summed E-state index contributed by atoms with van der Waals surface area (Å²) in [5, 5.41) is 8.02. The largest absolute Gasteiger partial charge is 0.497 e. The number of halogens is 2. The monoisotopic (exact) mass is 478 g/mol. The highest BCUT2D eigenvalue weighted by molar-refractivity contribution is 5.54. The molecule has 1 N–H and O–H groups in total. The van der Waals surface area contributed by atoms with Crippen LogP contribution in [0.4, 0.5) is 14.5 Å². The molecule has 0 spiro atoms. The zero-order valence-corrected chi connectivity index (χ0v) is 20.4. The number of benzene rings is 2. The molecule has 1 aliphatic carbocycles. The predicted octanol–water partition coefficient (Wildman–Crippen LogP) is 5.41. The van der Waals surface area contributed by atoms with Crippen LogP contribution >= 0.6 is 0 Å². The number of ether oxygens (including phenoxy) is 1. The van der Waals surface area contributed by atoms with Crippen molar-refractivity contribution in [2.75, 3.05) is 19.1 Å². The Kier molecular flexibility index (Phi) is 7.54. The van der Waals surface area contributed by atoms with E-state index in [0.717, 1.165) is 48.2 Å². The van der Waals surface area contributed by atoms with Gasteiger partial charge in [0.2, 0.25) is 0 Å². The van der Waals surface area contributed by atoms with Crippen molar-refractivity contribution in [3.63, 3.8) is 0 Å². The van der Waals surface area contributed by atoms with E-state index < -0.39 is 11.6 Å². The first-order valence-corrected chi connectivity index (χ1v) is 11.8. The van der Waals surface area contributed by atoms with Gasteiger partial charge in [-0.05, 0) is 79.6 Å². The highest BCUT2D eigenvalue weighted by atomic mass is 19.1. The molecule has 1 atom stereocenters. The molecule has 0 saturated heterocycles. The number of allylic oxidation sites excluding steroid dienone is 1. The first-order valence-electron chi connectivity index (χ1n) is 11.8. The van der Waals surface area contributed by atoms with Gasteiger partial charge in [0.05, 0.1) is 25.9 Å². The van der Waals surface area contributed by atoms with Gasteiger partial charge in [0.15, 0.2) is 0 Å². The minimum absolute atomic E-state index is 0.338. The third kappa shape index (κ3) is 5.91. The van der Waals surface area contributed by atoms with E-state index in [-0.39, 0.29) is 6.04 Å². The molecule has 1 aliphatic rings. The van der Waals surface area contributed by atoms with Gasteiger partial charge in [-0.1, -0.05) is 13.2 Å². The van der Waals surface area contributed by atoms with Gasteiger partial charge in [-0.25, -0.2) is 8.78 Å². The summed E-state index contributed by atoms with van der Waals surface area (Å²) in [5.74, 6) is -0.446. The lowest BCUT2D eigenvalue weighted by atomic mass is 9.98. The summed E-state index contributed by atoms with van der Waals surface area (Å²) in [5.41, 5.74) is 5.51. The Balaban J connectivity index is 1.54. The van der Waals surface area contributed by atoms with Crippen molar-refractivity contribution < 1.29 is 13.5 Å². The molecule has 0 radical (unpaired) electrons. The number of aromatic nitrogens is 2. The summed E-state index contributed by atoms with van der Waals surface area (Å²) in [6.45, 7) is 9.07. The van der Waals surface area contributed by atoms with Crippen molar-refractivity contribution in [2.24, 2.45) is 0 Å². The number of hydrogen-bond donors (Lipinski definition) is 1. The van der Waals surface area contributed by atoms with Crippen molar-refractivity contribution in [3.8, 4) is 5.75 Å². The maximum Gasteiger partial charge on any atom is 0.126 e. The molecular formula is C28H32F2N4O. The van der Waals surface area contributed by atoms with E-state index >= 15 is 0 Å².